The SMILES string of the molecule is CCN(CC)C1CCN(C(C)(CC)CN)C1. The molecule has 0 aromatic heterocycles. The van der Waals surface area contributed by atoms with Crippen LogP contribution in [0.2, 0.25) is 0 Å². The molecular weight excluding hydrogens is 198 g/mol. The first kappa shape index (κ1) is 13.9. The van der Waals surface area contributed by atoms with Crippen LogP contribution in [0, 0.1) is 0 Å². The summed E-state index contributed by atoms with van der Waals surface area (Å²) in [6.45, 7) is 14.6. The molecule has 0 bridgehead atoms. The second kappa shape index (κ2) is 5.99. The van der Waals surface area contributed by atoms with Gasteiger partial charge in [-0.15, -0.1) is 0 Å². The minimum atomic E-state index is 0.210. The Morgan fingerprint density at radius 1 is 1.31 bits per heavy atom. The van der Waals surface area contributed by atoms with E-state index in [4.69, 9.17) is 5.73 Å². The monoisotopic (exact) mass is 227 g/mol. The zero-order chi connectivity index (χ0) is 12.2. The van der Waals surface area contributed by atoms with Gasteiger partial charge in [0.2, 0.25) is 0 Å². The van der Waals surface area contributed by atoms with E-state index in [1.807, 2.05) is 0 Å². The zero-order valence-corrected chi connectivity index (χ0v) is 11.5. The van der Waals surface area contributed by atoms with Gasteiger partial charge < -0.3 is 5.73 Å². The van der Waals surface area contributed by atoms with Crippen LogP contribution < -0.4 is 5.73 Å². The van der Waals surface area contributed by atoms with Crippen LogP contribution in [0.25, 0.3) is 0 Å². The van der Waals surface area contributed by atoms with Gasteiger partial charge >= 0.3 is 0 Å². The highest BCUT2D eigenvalue weighted by molar-refractivity contribution is 4.93. The molecule has 16 heavy (non-hydrogen) atoms. The van der Waals surface area contributed by atoms with Gasteiger partial charge in [-0.1, -0.05) is 20.8 Å². The van der Waals surface area contributed by atoms with Crippen molar-refractivity contribution in [2.75, 3.05) is 32.7 Å². The molecule has 0 aliphatic carbocycles. The summed E-state index contributed by atoms with van der Waals surface area (Å²) in [6.07, 6.45) is 2.45. The van der Waals surface area contributed by atoms with Crippen molar-refractivity contribution in [3.63, 3.8) is 0 Å². The fourth-order valence-electron chi connectivity index (χ4n) is 2.77. The minimum Gasteiger partial charge on any atom is -0.329 e. The predicted molar refractivity (Wildman–Crippen MR) is 70.6 cm³/mol. The molecule has 2 atom stereocenters. The maximum Gasteiger partial charge on any atom is 0.0301 e. The molecule has 0 saturated carbocycles. The summed E-state index contributed by atoms with van der Waals surface area (Å²) in [5, 5.41) is 0. The second-order valence-corrected chi connectivity index (χ2v) is 5.16. The smallest absolute Gasteiger partial charge is 0.0301 e. The lowest BCUT2D eigenvalue weighted by Crippen LogP contribution is -2.51. The van der Waals surface area contributed by atoms with E-state index >= 15 is 0 Å². The van der Waals surface area contributed by atoms with E-state index in [1.165, 1.54) is 32.6 Å². The molecule has 0 aromatic carbocycles. The third-order valence-corrected chi connectivity index (χ3v) is 4.46. The molecule has 3 nitrogen and oxygen atoms in total. The van der Waals surface area contributed by atoms with E-state index in [1.54, 1.807) is 0 Å². The minimum absolute atomic E-state index is 0.210. The van der Waals surface area contributed by atoms with E-state index in [2.05, 4.69) is 37.5 Å². The van der Waals surface area contributed by atoms with Gasteiger partial charge in [0.1, 0.15) is 0 Å². The number of hydrogen-bond acceptors (Lipinski definition) is 3. The fraction of sp³-hybridized carbons (Fsp3) is 1.00. The van der Waals surface area contributed by atoms with Crippen LogP contribution >= 0.6 is 0 Å². The van der Waals surface area contributed by atoms with Gasteiger partial charge in [-0.05, 0) is 32.9 Å². The Hall–Kier alpha value is -0.120. The van der Waals surface area contributed by atoms with Crippen molar-refractivity contribution in [1.82, 2.24) is 9.80 Å². The zero-order valence-electron chi connectivity index (χ0n) is 11.5. The molecule has 1 heterocycles. The van der Waals surface area contributed by atoms with Crippen molar-refractivity contribution in [3.8, 4) is 0 Å². The Labute approximate surface area is 101 Å². The average molecular weight is 227 g/mol. The second-order valence-electron chi connectivity index (χ2n) is 5.16. The fourth-order valence-corrected chi connectivity index (χ4v) is 2.77. The Balaban J connectivity index is 2.57. The van der Waals surface area contributed by atoms with Crippen molar-refractivity contribution in [1.29, 1.82) is 0 Å². The van der Waals surface area contributed by atoms with E-state index in [-0.39, 0.29) is 5.54 Å². The van der Waals surface area contributed by atoms with Crippen molar-refractivity contribution >= 4 is 0 Å². The van der Waals surface area contributed by atoms with Gasteiger partial charge in [0.05, 0.1) is 0 Å². The molecule has 0 amide bonds. The van der Waals surface area contributed by atoms with Crippen LogP contribution in [0.5, 0.6) is 0 Å². The predicted octanol–water partition coefficient (Wildman–Crippen LogP) is 1.53. The van der Waals surface area contributed by atoms with Crippen LogP contribution in [-0.4, -0.2) is 54.1 Å². The van der Waals surface area contributed by atoms with Gasteiger partial charge in [0, 0.05) is 31.2 Å². The van der Waals surface area contributed by atoms with E-state index in [0.29, 0.717) is 0 Å². The van der Waals surface area contributed by atoms with Crippen molar-refractivity contribution in [2.45, 2.75) is 52.1 Å². The molecule has 1 fully saturated rings. The summed E-state index contributed by atoms with van der Waals surface area (Å²) in [7, 11) is 0. The Bertz CT molecular complexity index is 197. The molecule has 2 unspecified atom stereocenters. The normalized spacial score (nSPS) is 26.2. The number of hydrogen-bond donors (Lipinski definition) is 1. The molecule has 1 rings (SSSR count). The van der Waals surface area contributed by atoms with Crippen LogP contribution in [0.4, 0.5) is 0 Å². The highest BCUT2D eigenvalue weighted by atomic mass is 15.3. The Morgan fingerprint density at radius 2 is 1.94 bits per heavy atom. The summed E-state index contributed by atoms with van der Waals surface area (Å²) in [6, 6.07) is 0.743. The molecule has 2 N–H and O–H groups in total. The van der Waals surface area contributed by atoms with E-state index in [0.717, 1.165) is 19.0 Å². The van der Waals surface area contributed by atoms with E-state index < -0.39 is 0 Å². The Kier molecular flexibility index (Phi) is 5.22. The summed E-state index contributed by atoms with van der Waals surface area (Å²) in [5.41, 5.74) is 6.14. The first-order valence-electron chi connectivity index (χ1n) is 6.80. The van der Waals surface area contributed by atoms with Crippen LogP contribution in [0.1, 0.15) is 40.5 Å². The molecule has 0 aromatic rings. The maximum atomic E-state index is 5.93. The first-order valence-corrected chi connectivity index (χ1v) is 6.80. The summed E-state index contributed by atoms with van der Waals surface area (Å²) < 4.78 is 0. The maximum absolute atomic E-state index is 5.93. The number of nitrogens with zero attached hydrogens (tertiary/aromatic N) is 2. The molecule has 1 aliphatic rings. The summed E-state index contributed by atoms with van der Waals surface area (Å²) in [5.74, 6) is 0. The lowest BCUT2D eigenvalue weighted by atomic mass is 9.97. The standard InChI is InChI=1S/C13H29N3/c1-5-13(4,11-14)16-9-8-12(10-16)15(6-2)7-3/h12H,5-11,14H2,1-4H3. The molecule has 1 saturated heterocycles. The van der Waals surface area contributed by atoms with Crippen molar-refractivity contribution in [2.24, 2.45) is 5.73 Å². The number of likely N-dealkylation sites (tertiary alicyclic amines) is 1. The molecule has 0 spiro atoms. The third kappa shape index (κ3) is 2.76. The van der Waals surface area contributed by atoms with Crippen molar-refractivity contribution < 1.29 is 0 Å². The average Bonchev–Trinajstić information content (AvgIpc) is 2.80. The van der Waals surface area contributed by atoms with Gasteiger partial charge in [-0.25, -0.2) is 0 Å². The van der Waals surface area contributed by atoms with E-state index in [9.17, 15) is 0 Å². The highest BCUT2D eigenvalue weighted by Crippen LogP contribution is 2.25. The summed E-state index contributed by atoms with van der Waals surface area (Å²) >= 11 is 0. The number of rotatable bonds is 6. The first-order chi connectivity index (χ1) is 7.61. The lowest BCUT2D eigenvalue weighted by Gasteiger charge is -2.38. The summed E-state index contributed by atoms with van der Waals surface area (Å²) in [4.78, 5) is 5.17. The van der Waals surface area contributed by atoms with Gasteiger partial charge in [-0.3, -0.25) is 9.80 Å². The van der Waals surface area contributed by atoms with Gasteiger partial charge in [-0.2, -0.15) is 0 Å². The topological polar surface area (TPSA) is 32.5 Å². The third-order valence-electron chi connectivity index (χ3n) is 4.46. The Morgan fingerprint density at radius 3 is 2.38 bits per heavy atom. The number of nitrogens with two attached hydrogens (primary N) is 1. The van der Waals surface area contributed by atoms with Crippen LogP contribution in [0.15, 0.2) is 0 Å². The largest absolute Gasteiger partial charge is 0.329 e. The van der Waals surface area contributed by atoms with Crippen molar-refractivity contribution in [3.05, 3.63) is 0 Å². The van der Waals surface area contributed by atoms with Crippen LogP contribution in [0.3, 0.4) is 0 Å². The molecule has 0 radical (unpaired) electrons. The quantitative estimate of drug-likeness (QED) is 0.747. The molecule has 96 valence electrons. The van der Waals surface area contributed by atoms with Gasteiger partial charge in [0.25, 0.3) is 0 Å². The highest BCUT2D eigenvalue weighted by Gasteiger charge is 2.35. The molecular formula is C13H29N3. The molecule has 1 aliphatic heterocycles. The number of likely N-dealkylation sites (N-methyl/N-ethyl adjacent to an activating group) is 1. The van der Waals surface area contributed by atoms with Crippen LogP contribution in [-0.2, 0) is 0 Å². The van der Waals surface area contributed by atoms with Gasteiger partial charge in [0.15, 0.2) is 0 Å². The lowest BCUT2D eigenvalue weighted by molar-refractivity contribution is 0.120. The molecule has 3 heteroatoms.